The highest BCUT2D eigenvalue weighted by Gasteiger charge is 2.06. The molecule has 0 bridgehead atoms. The zero-order valence-electron chi connectivity index (χ0n) is 8.28. The second kappa shape index (κ2) is 8.38. The van der Waals surface area contributed by atoms with E-state index in [1.54, 1.807) is 11.8 Å². The van der Waals surface area contributed by atoms with E-state index >= 15 is 0 Å². The number of rotatable bonds is 8. The Bertz CT molecular complexity index is 139. The summed E-state index contributed by atoms with van der Waals surface area (Å²) in [6.45, 7) is 5.52. The number of hydrogen-bond donors (Lipinski definition) is 1. The van der Waals surface area contributed by atoms with E-state index in [0.29, 0.717) is 0 Å². The van der Waals surface area contributed by atoms with Crippen LogP contribution < -0.4 is 0 Å². The molecule has 0 saturated heterocycles. The summed E-state index contributed by atoms with van der Waals surface area (Å²) in [4.78, 5) is 10.3. The summed E-state index contributed by atoms with van der Waals surface area (Å²) in [6, 6.07) is 0. The molecule has 1 unspecified atom stereocenters. The van der Waals surface area contributed by atoms with Crippen molar-refractivity contribution in [3.05, 3.63) is 0 Å². The number of carboxylic acids is 1. The molecule has 0 aliphatic rings. The van der Waals surface area contributed by atoms with Crippen LogP contribution >= 0.6 is 11.8 Å². The molecule has 1 N–H and O–H groups in total. The fourth-order valence-electron chi connectivity index (χ4n) is 0.859. The number of carboxylic acid groups (broad SMARTS) is 1. The normalized spacial score (nSPS) is 12.8. The predicted molar refractivity (Wildman–Crippen MR) is 55.3 cm³/mol. The summed E-state index contributed by atoms with van der Waals surface area (Å²) in [6.07, 6.45) is 1.27. The van der Waals surface area contributed by atoms with Gasteiger partial charge in [0, 0.05) is 17.6 Å². The van der Waals surface area contributed by atoms with Crippen LogP contribution in [-0.2, 0) is 9.53 Å². The van der Waals surface area contributed by atoms with Crippen LogP contribution in [-0.4, -0.2) is 35.3 Å². The quantitative estimate of drug-likeness (QED) is 0.617. The molecule has 0 amide bonds. The average Bonchev–Trinajstić information content (AvgIpc) is 2.02. The van der Waals surface area contributed by atoms with Crippen molar-refractivity contribution in [3.63, 3.8) is 0 Å². The molecule has 0 fully saturated rings. The van der Waals surface area contributed by atoms with Gasteiger partial charge in [-0.3, -0.25) is 4.79 Å². The molecular weight excluding hydrogens is 188 g/mol. The smallest absolute Gasteiger partial charge is 0.304 e. The second-order valence-corrected chi connectivity index (χ2v) is 4.44. The molecule has 0 radical (unpaired) electrons. The third-order valence-electron chi connectivity index (χ3n) is 1.44. The number of aliphatic carboxylic acids is 1. The van der Waals surface area contributed by atoms with E-state index in [9.17, 15) is 4.79 Å². The Morgan fingerprint density at radius 1 is 1.54 bits per heavy atom. The minimum absolute atomic E-state index is 0.183. The van der Waals surface area contributed by atoms with Crippen molar-refractivity contribution >= 4 is 17.7 Å². The third-order valence-corrected chi connectivity index (χ3v) is 2.58. The van der Waals surface area contributed by atoms with Crippen molar-refractivity contribution in [2.75, 3.05) is 19.0 Å². The zero-order valence-corrected chi connectivity index (χ0v) is 9.10. The van der Waals surface area contributed by atoms with Crippen LogP contribution in [0.3, 0.4) is 0 Å². The van der Waals surface area contributed by atoms with Crippen LogP contribution in [0.5, 0.6) is 0 Å². The van der Waals surface area contributed by atoms with Crippen LogP contribution in [0.25, 0.3) is 0 Å². The number of thioether (sulfide) groups is 1. The van der Waals surface area contributed by atoms with Crippen molar-refractivity contribution in [2.45, 2.75) is 31.9 Å². The van der Waals surface area contributed by atoms with Crippen LogP contribution in [0.2, 0.25) is 0 Å². The first kappa shape index (κ1) is 12.8. The van der Waals surface area contributed by atoms with Crippen molar-refractivity contribution < 1.29 is 14.6 Å². The minimum atomic E-state index is -0.727. The maximum atomic E-state index is 10.3. The van der Waals surface area contributed by atoms with Gasteiger partial charge in [0.05, 0.1) is 13.0 Å². The van der Waals surface area contributed by atoms with Gasteiger partial charge in [-0.2, -0.15) is 11.8 Å². The lowest BCUT2D eigenvalue weighted by atomic mass is 10.3. The Kier molecular flexibility index (Phi) is 8.24. The zero-order chi connectivity index (χ0) is 10.1. The van der Waals surface area contributed by atoms with E-state index in [1.807, 2.05) is 6.92 Å². The molecule has 0 aromatic carbocycles. The monoisotopic (exact) mass is 206 g/mol. The Morgan fingerprint density at radius 2 is 2.23 bits per heavy atom. The molecule has 0 aromatic rings. The average molecular weight is 206 g/mol. The van der Waals surface area contributed by atoms with Crippen molar-refractivity contribution in [1.29, 1.82) is 0 Å². The molecule has 0 aromatic heterocycles. The largest absolute Gasteiger partial charge is 0.481 e. The van der Waals surface area contributed by atoms with Gasteiger partial charge in [-0.05, 0) is 6.42 Å². The summed E-state index contributed by atoms with van der Waals surface area (Å²) in [5.41, 5.74) is 0. The molecule has 1 atom stereocenters. The molecule has 13 heavy (non-hydrogen) atoms. The lowest BCUT2D eigenvalue weighted by Gasteiger charge is -2.07. The van der Waals surface area contributed by atoms with Gasteiger partial charge in [0.25, 0.3) is 0 Å². The van der Waals surface area contributed by atoms with Crippen molar-refractivity contribution in [2.24, 2.45) is 0 Å². The maximum absolute atomic E-state index is 10.3. The van der Waals surface area contributed by atoms with E-state index in [2.05, 4.69) is 6.92 Å². The van der Waals surface area contributed by atoms with E-state index in [-0.39, 0.29) is 11.7 Å². The van der Waals surface area contributed by atoms with Crippen molar-refractivity contribution in [3.8, 4) is 0 Å². The number of ether oxygens (including phenoxy) is 1. The summed E-state index contributed by atoms with van der Waals surface area (Å²) in [7, 11) is 0. The van der Waals surface area contributed by atoms with E-state index < -0.39 is 5.97 Å². The fourth-order valence-corrected chi connectivity index (χ4v) is 1.74. The summed E-state index contributed by atoms with van der Waals surface area (Å²) in [5, 5.41) is 8.66. The number of hydrogen-bond acceptors (Lipinski definition) is 3. The topological polar surface area (TPSA) is 46.5 Å². The van der Waals surface area contributed by atoms with Gasteiger partial charge in [0.1, 0.15) is 0 Å². The van der Waals surface area contributed by atoms with Gasteiger partial charge < -0.3 is 9.84 Å². The molecule has 0 rings (SSSR count). The van der Waals surface area contributed by atoms with Crippen LogP contribution in [0.15, 0.2) is 0 Å². The highest BCUT2D eigenvalue weighted by atomic mass is 32.2. The van der Waals surface area contributed by atoms with E-state index in [1.165, 1.54) is 0 Å². The SMILES string of the molecule is CCCOCCSC(C)CC(=O)O. The van der Waals surface area contributed by atoms with Gasteiger partial charge in [-0.25, -0.2) is 0 Å². The van der Waals surface area contributed by atoms with E-state index in [0.717, 1.165) is 25.4 Å². The molecule has 0 spiro atoms. The van der Waals surface area contributed by atoms with Crippen LogP contribution in [0.1, 0.15) is 26.7 Å². The highest BCUT2D eigenvalue weighted by molar-refractivity contribution is 7.99. The third kappa shape index (κ3) is 9.70. The molecule has 0 aliphatic carbocycles. The fraction of sp³-hybridized carbons (Fsp3) is 0.889. The summed E-state index contributed by atoms with van der Waals surface area (Å²) >= 11 is 1.65. The highest BCUT2D eigenvalue weighted by Crippen LogP contribution is 2.13. The Balaban J connectivity index is 3.17. The molecule has 0 aliphatic heterocycles. The second-order valence-electron chi connectivity index (χ2n) is 2.89. The first-order valence-corrected chi connectivity index (χ1v) is 5.62. The Morgan fingerprint density at radius 3 is 2.77 bits per heavy atom. The number of carbonyl (C=O) groups is 1. The minimum Gasteiger partial charge on any atom is -0.481 e. The van der Waals surface area contributed by atoms with Gasteiger partial charge in [-0.1, -0.05) is 13.8 Å². The van der Waals surface area contributed by atoms with E-state index in [4.69, 9.17) is 9.84 Å². The van der Waals surface area contributed by atoms with Gasteiger partial charge in [-0.15, -0.1) is 0 Å². The van der Waals surface area contributed by atoms with Crippen molar-refractivity contribution in [1.82, 2.24) is 0 Å². The molecule has 0 heterocycles. The van der Waals surface area contributed by atoms with Crippen LogP contribution in [0.4, 0.5) is 0 Å². The van der Waals surface area contributed by atoms with Gasteiger partial charge >= 0.3 is 5.97 Å². The van der Waals surface area contributed by atoms with Crippen LogP contribution in [0, 0.1) is 0 Å². The lowest BCUT2D eigenvalue weighted by Crippen LogP contribution is -2.08. The summed E-state index contributed by atoms with van der Waals surface area (Å²) in [5.74, 6) is 0.156. The first-order chi connectivity index (χ1) is 6.16. The first-order valence-electron chi connectivity index (χ1n) is 4.58. The van der Waals surface area contributed by atoms with Gasteiger partial charge in [0.2, 0.25) is 0 Å². The molecule has 4 heteroatoms. The Labute approximate surface area is 83.9 Å². The summed E-state index contributed by atoms with van der Waals surface area (Å²) < 4.78 is 5.27. The predicted octanol–water partition coefficient (Wildman–Crippen LogP) is 2.01. The molecule has 0 saturated carbocycles. The Hall–Kier alpha value is -0.220. The standard InChI is InChI=1S/C9H18O3S/c1-3-4-12-5-6-13-8(2)7-9(10)11/h8H,3-7H2,1-2H3,(H,10,11). The molecule has 78 valence electrons. The molecule has 3 nitrogen and oxygen atoms in total. The van der Waals surface area contributed by atoms with Gasteiger partial charge in [0.15, 0.2) is 0 Å². The molecular formula is C9H18O3S. The lowest BCUT2D eigenvalue weighted by molar-refractivity contribution is -0.136. The maximum Gasteiger partial charge on any atom is 0.304 e.